The van der Waals surface area contributed by atoms with Crippen molar-refractivity contribution in [2.45, 2.75) is 38.7 Å². The number of nitrogens with one attached hydrogen (secondary N) is 1. The van der Waals surface area contributed by atoms with E-state index in [0.29, 0.717) is 25.1 Å². The highest BCUT2D eigenvalue weighted by Gasteiger charge is 2.15. The van der Waals surface area contributed by atoms with Crippen LogP contribution in [0.2, 0.25) is 0 Å². The zero-order valence-corrected chi connectivity index (χ0v) is 11.0. The monoisotopic (exact) mass is 250 g/mol. The highest BCUT2D eigenvalue weighted by Crippen LogP contribution is 2.17. The van der Waals surface area contributed by atoms with E-state index in [1.807, 2.05) is 32.0 Å². The molecule has 1 aromatic rings. The van der Waals surface area contributed by atoms with Gasteiger partial charge < -0.3 is 16.2 Å². The molecule has 2 unspecified atom stereocenters. The van der Waals surface area contributed by atoms with Crippen molar-refractivity contribution >= 4 is 11.6 Å². The van der Waals surface area contributed by atoms with E-state index in [-0.39, 0.29) is 17.9 Å². The molecule has 0 fully saturated rings. The third kappa shape index (κ3) is 4.37. The number of nitrogens with two attached hydrogens (primary N) is 1. The summed E-state index contributed by atoms with van der Waals surface area (Å²) in [4.78, 5) is 11.9. The summed E-state index contributed by atoms with van der Waals surface area (Å²) in [5.41, 5.74) is 7.26. The van der Waals surface area contributed by atoms with E-state index < -0.39 is 0 Å². The summed E-state index contributed by atoms with van der Waals surface area (Å²) < 4.78 is 0. The molecular weight excluding hydrogens is 228 g/mol. The van der Waals surface area contributed by atoms with Crippen molar-refractivity contribution in [3.8, 4) is 0 Å². The molecule has 1 aromatic carbocycles. The van der Waals surface area contributed by atoms with E-state index in [9.17, 15) is 9.90 Å². The number of hydrogen-bond donors (Lipinski definition) is 3. The molecule has 0 aliphatic heterocycles. The van der Waals surface area contributed by atoms with Gasteiger partial charge in [0, 0.05) is 12.2 Å². The highest BCUT2D eigenvalue weighted by atomic mass is 16.3. The molecule has 0 spiro atoms. The smallest absolute Gasteiger partial charge is 0.227 e. The molecule has 0 radical (unpaired) electrons. The van der Waals surface area contributed by atoms with E-state index in [4.69, 9.17) is 5.73 Å². The molecule has 0 heterocycles. The highest BCUT2D eigenvalue weighted by molar-refractivity contribution is 5.83. The molecule has 1 amide bonds. The molecule has 0 bridgehead atoms. The van der Waals surface area contributed by atoms with Crippen LogP contribution in [0.5, 0.6) is 0 Å². The van der Waals surface area contributed by atoms with Crippen LogP contribution in [-0.4, -0.2) is 23.7 Å². The first-order valence-corrected chi connectivity index (χ1v) is 6.35. The van der Waals surface area contributed by atoms with Gasteiger partial charge >= 0.3 is 0 Å². The van der Waals surface area contributed by atoms with Crippen molar-refractivity contribution in [1.29, 1.82) is 0 Å². The summed E-state index contributed by atoms with van der Waals surface area (Å²) in [7, 11) is 0. The Balaban J connectivity index is 2.46. The van der Waals surface area contributed by atoms with Crippen LogP contribution in [0.25, 0.3) is 0 Å². The third-order valence-electron chi connectivity index (χ3n) is 3.05. The maximum atomic E-state index is 11.9. The van der Waals surface area contributed by atoms with Gasteiger partial charge in [-0.1, -0.05) is 19.1 Å². The lowest BCUT2D eigenvalue weighted by molar-refractivity contribution is -0.122. The standard InChI is InChI=1S/C14H22N2O2/c1-3-13(17)7-8-16-14(18)10(2)11-5-4-6-12(15)9-11/h4-6,9-10,13,17H,3,7-8,15H2,1-2H3,(H,16,18). The fourth-order valence-electron chi connectivity index (χ4n) is 1.70. The average molecular weight is 250 g/mol. The number of anilines is 1. The van der Waals surface area contributed by atoms with Crippen molar-refractivity contribution in [2.75, 3.05) is 12.3 Å². The van der Waals surface area contributed by atoms with Gasteiger partial charge in [0.1, 0.15) is 0 Å². The van der Waals surface area contributed by atoms with Gasteiger partial charge in [-0.25, -0.2) is 0 Å². The molecule has 0 aliphatic rings. The molecule has 0 saturated carbocycles. The second-order valence-electron chi connectivity index (χ2n) is 4.53. The Bertz CT molecular complexity index is 393. The quantitative estimate of drug-likeness (QED) is 0.672. The maximum absolute atomic E-state index is 11.9. The number of rotatable bonds is 6. The van der Waals surface area contributed by atoms with E-state index in [0.717, 1.165) is 5.56 Å². The lowest BCUT2D eigenvalue weighted by atomic mass is 10.00. The van der Waals surface area contributed by atoms with Crippen LogP contribution in [0.3, 0.4) is 0 Å². The minimum Gasteiger partial charge on any atom is -0.399 e. The summed E-state index contributed by atoms with van der Waals surface area (Å²) in [6.07, 6.45) is 0.958. The summed E-state index contributed by atoms with van der Waals surface area (Å²) in [6.45, 7) is 4.27. The fourth-order valence-corrected chi connectivity index (χ4v) is 1.70. The van der Waals surface area contributed by atoms with Gasteiger partial charge in [0.15, 0.2) is 0 Å². The van der Waals surface area contributed by atoms with Gasteiger partial charge in [-0.2, -0.15) is 0 Å². The molecule has 4 nitrogen and oxygen atoms in total. The number of nitrogen functional groups attached to an aromatic ring is 1. The van der Waals surface area contributed by atoms with Gasteiger partial charge in [0.25, 0.3) is 0 Å². The van der Waals surface area contributed by atoms with Crippen LogP contribution in [0, 0.1) is 0 Å². The summed E-state index contributed by atoms with van der Waals surface area (Å²) in [5, 5.41) is 12.2. The predicted molar refractivity (Wildman–Crippen MR) is 73.2 cm³/mol. The number of benzene rings is 1. The summed E-state index contributed by atoms with van der Waals surface area (Å²) >= 11 is 0. The van der Waals surface area contributed by atoms with Gasteiger partial charge in [-0.15, -0.1) is 0 Å². The van der Waals surface area contributed by atoms with Gasteiger partial charge in [-0.3, -0.25) is 4.79 Å². The zero-order chi connectivity index (χ0) is 13.5. The average Bonchev–Trinajstić information content (AvgIpc) is 2.37. The molecule has 18 heavy (non-hydrogen) atoms. The van der Waals surface area contributed by atoms with Crippen LogP contribution >= 0.6 is 0 Å². The van der Waals surface area contributed by atoms with E-state index in [1.165, 1.54) is 0 Å². The van der Waals surface area contributed by atoms with Crippen molar-refractivity contribution in [1.82, 2.24) is 5.32 Å². The number of aliphatic hydroxyl groups is 1. The van der Waals surface area contributed by atoms with Crippen molar-refractivity contribution in [3.63, 3.8) is 0 Å². The minimum absolute atomic E-state index is 0.0381. The van der Waals surface area contributed by atoms with E-state index in [2.05, 4.69) is 5.32 Å². The minimum atomic E-state index is -0.340. The Hall–Kier alpha value is -1.55. The molecule has 4 heteroatoms. The van der Waals surface area contributed by atoms with E-state index >= 15 is 0 Å². The Morgan fingerprint density at radius 1 is 1.50 bits per heavy atom. The van der Waals surface area contributed by atoms with Gasteiger partial charge in [0.2, 0.25) is 5.91 Å². The summed E-state index contributed by atoms with van der Waals surface area (Å²) in [6, 6.07) is 7.34. The topological polar surface area (TPSA) is 75.3 Å². The normalized spacial score (nSPS) is 13.9. The van der Waals surface area contributed by atoms with E-state index in [1.54, 1.807) is 6.07 Å². The molecule has 0 aliphatic carbocycles. The van der Waals surface area contributed by atoms with Crippen molar-refractivity contribution < 1.29 is 9.90 Å². The lowest BCUT2D eigenvalue weighted by Gasteiger charge is -2.14. The van der Waals surface area contributed by atoms with Crippen molar-refractivity contribution in [3.05, 3.63) is 29.8 Å². The first-order chi connectivity index (χ1) is 8.54. The second kappa shape index (κ2) is 7.01. The molecule has 0 saturated heterocycles. The molecule has 100 valence electrons. The SMILES string of the molecule is CCC(O)CCNC(=O)C(C)c1cccc(N)c1. The van der Waals surface area contributed by atoms with Gasteiger partial charge in [0.05, 0.1) is 12.0 Å². The first kappa shape index (κ1) is 14.5. The maximum Gasteiger partial charge on any atom is 0.227 e. The van der Waals surface area contributed by atoms with Crippen LogP contribution in [0.15, 0.2) is 24.3 Å². The Labute approximate surface area is 108 Å². The Morgan fingerprint density at radius 3 is 2.83 bits per heavy atom. The molecule has 4 N–H and O–H groups in total. The number of aliphatic hydroxyl groups excluding tert-OH is 1. The number of carbonyl (C=O) groups excluding carboxylic acids is 1. The lowest BCUT2D eigenvalue weighted by Crippen LogP contribution is -2.30. The third-order valence-corrected chi connectivity index (χ3v) is 3.05. The molecule has 1 rings (SSSR count). The number of carbonyl (C=O) groups is 1. The predicted octanol–water partition coefficient (Wildman–Crippen LogP) is 1.65. The molecule has 0 aromatic heterocycles. The Morgan fingerprint density at radius 2 is 2.22 bits per heavy atom. The van der Waals surface area contributed by atoms with Crippen LogP contribution in [-0.2, 0) is 4.79 Å². The second-order valence-corrected chi connectivity index (χ2v) is 4.53. The number of hydrogen-bond acceptors (Lipinski definition) is 3. The largest absolute Gasteiger partial charge is 0.399 e. The Kier molecular flexibility index (Phi) is 5.65. The first-order valence-electron chi connectivity index (χ1n) is 6.35. The fraction of sp³-hybridized carbons (Fsp3) is 0.500. The summed E-state index contributed by atoms with van der Waals surface area (Å²) in [5.74, 6) is -0.267. The van der Waals surface area contributed by atoms with Gasteiger partial charge in [-0.05, 0) is 37.5 Å². The van der Waals surface area contributed by atoms with Crippen LogP contribution in [0.1, 0.15) is 38.2 Å². The number of amides is 1. The van der Waals surface area contributed by atoms with Crippen LogP contribution in [0.4, 0.5) is 5.69 Å². The molecule has 2 atom stereocenters. The zero-order valence-electron chi connectivity index (χ0n) is 11.0. The van der Waals surface area contributed by atoms with Crippen molar-refractivity contribution in [2.24, 2.45) is 0 Å². The molecular formula is C14H22N2O2. The van der Waals surface area contributed by atoms with Crippen LogP contribution < -0.4 is 11.1 Å².